The summed E-state index contributed by atoms with van der Waals surface area (Å²) in [7, 11) is 0. The van der Waals surface area contributed by atoms with Gasteiger partial charge in [0.05, 0.1) is 6.54 Å². The van der Waals surface area contributed by atoms with Gasteiger partial charge in [-0.15, -0.1) is 24.0 Å². The molecule has 0 spiro atoms. The number of aliphatic hydroxyl groups is 1. The molecule has 0 aliphatic carbocycles. The summed E-state index contributed by atoms with van der Waals surface area (Å²) in [6.45, 7) is 9.50. The van der Waals surface area contributed by atoms with Crippen LogP contribution in [0.4, 0.5) is 0 Å². The first-order valence-corrected chi connectivity index (χ1v) is 9.11. The average Bonchev–Trinajstić information content (AvgIpc) is 2.80. The highest BCUT2D eigenvalue weighted by molar-refractivity contribution is 14.0. The third kappa shape index (κ3) is 7.80. The Morgan fingerprint density at radius 1 is 1.39 bits per heavy atom. The third-order valence-corrected chi connectivity index (χ3v) is 4.03. The number of nitrogens with one attached hydrogen (secondary N) is 2. The Morgan fingerprint density at radius 2 is 2.09 bits per heavy atom. The summed E-state index contributed by atoms with van der Waals surface area (Å²) < 4.78 is 5.50. The number of aryl methyl sites for hydroxylation is 2. The summed E-state index contributed by atoms with van der Waals surface area (Å²) >= 11 is 1.83. The van der Waals surface area contributed by atoms with Gasteiger partial charge in [-0.1, -0.05) is 0 Å². The van der Waals surface area contributed by atoms with Crippen LogP contribution in [0.5, 0.6) is 0 Å². The Hall–Kier alpha value is -0.410. The second-order valence-electron chi connectivity index (χ2n) is 5.57. The summed E-state index contributed by atoms with van der Waals surface area (Å²) in [6.07, 6.45) is 3.19. The minimum absolute atomic E-state index is 0. The molecule has 0 saturated carbocycles. The van der Waals surface area contributed by atoms with Gasteiger partial charge in [0, 0.05) is 18.7 Å². The zero-order valence-corrected chi connectivity index (χ0v) is 17.9. The first-order chi connectivity index (χ1) is 10.4. The second kappa shape index (κ2) is 11.2. The van der Waals surface area contributed by atoms with Crippen molar-refractivity contribution in [1.82, 2.24) is 10.6 Å². The topological polar surface area (TPSA) is 69.8 Å². The lowest BCUT2D eigenvalue weighted by Gasteiger charge is -2.21. The molecule has 0 amide bonds. The molecule has 1 rings (SSSR count). The summed E-state index contributed by atoms with van der Waals surface area (Å²) in [5.41, 5.74) is -0.240. The Bertz CT molecular complexity index is 490. The minimum Gasteiger partial charge on any atom is -0.466 e. The Balaban J connectivity index is 0.00000484. The Labute approximate surface area is 161 Å². The van der Waals surface area contributed by atoms with Crippen molar-refractivity contribution in [3.05, 3.63) is 23.2 Å². The number of furan rings is 1. The van der Waals surface area contributed by atoms with Gasteiger partial charge in [-0.25, -0.2) is 4.99 Å². The highest BCUT2D eigenvalue weighted by atomic mass is 127. The number of guanidine groups is 1. The molecule has 1 aromatic heterocycles. The SMILES string of the molecule is CCNC(=NCC(C)(O)c1cc(C)oc1C)NCCCSC.I. The van der Waals surface area contributed by atoms with Gasteiger partial charge in [0.25, 0.3) is 0 Å². The zero-order chi connectivity index (χ0) is 16.6. The monoisotopic (exact) mass is 455 g/mol. The highest BCUT2D eigenvalue weighted by Crippen LogP contribution is 2.27. The molecule has 0 bridgehead atoms. The van der Waals surface area contributed by atoms with Gasteiger partial charge in [-0.2, -0.15) is 11.8 Å². The van der Waals surface area contributed by atoms with Gasteiger partial charge in [0.2, 0.25) is 0 Å². The van der Waals surface area contributed by atoms with Crippen molar-refractivity contribution >= 4 is 41.7 Å². The van der Waals surface area contributed by atoms with E-state index in [4.69, 9.17) is 4.42 Å². The predicted molar refractivity (Wildman–Crippen MR) is 110 cm³/mol. The van der Waals surface area contributed by atoms with E-state index in [1.165, 1.54) is 0 Å². The van der Waals surface area contributed by atoms with Crippen molar-refractivity contribution in [2.45, 2.75) is 39.7 Å². The molecule has 134 valence electrons. The molecule has 1 heterocycles. The largest absolute Gasteiger partial charge is 0.466 e. The van der Waals surface area contributed by atoms with Crippen LogP contribution in [0, 0.1) is 13.8 Å². The number of nitrogens with zero attached hydrogens (tertiary/aromatic N) is 1. The van der Waals surface area contributed by atoms with E-state index < -0.39 is 5.60 Å². The molecule has 23 heavy (non-hydrogen) atoms. The maximum Gasteiger partial charge on any atom is 0.191 e. The normalized spacial score (nSPS) is 14.1. The quantitative estimate of drug-likeness (QED) is 0.243. The van der Waals surface area contributed by atoms with E-state index in [0.29, 0.717) is 0 Å². The molecule has 0 radical (unpaired) electrons. The van der Waals surface area contributed by atoms with Crippen molar-refractivity contribution in [1.29, 1.82) is 0 Å². The van der Waals surface area contributed by atoms with Crippen LogP contribution in [0.15, 0.2) is 15.5 Å². The van der Waals surface area contributed by atoms with Crippen LogP contribution in [0.1, 0.15) is 37.4 Å². The molecule has 0 aliphatic heterocycles. The molecule has 1 atom stereocenters. The lowest BCUT2D eigenvalue weighted by molar-refractivity contribution is 0.0657. The predicted octanol–water partition coefficient (Wildman–Crippen LogP) is 3.03. The zero-order valence-electron chi connectivity index (χ0n) is 14.7. The molecule has 1 unspecified atom stereocenters. The van der Waals surface area contributed by atoms with Crippen molar-refractivity contribution < 1.29 is 9.52 Å². The molecule has 1 aromatic rings. The van der Waals surface area contributed by atoms with Crippen molar-refractivity contribution in [2.24, 2.45) is 4.99 Å². The van der Waals surface area contributed by atoms with E-state index in [2.05, 4.69) is 21.9 Å². The number of hydrogen-bond acceptors (Lipinski definition) is 4. The molecule has 0 aromatic carbocycles. The molecule has 5 nitrogen and oxygen atoms in total. The Kier molecular flexibility index (Phi) is 11.0. The van der Waals surface area contributed by atoms with Gasteiger partial charge in [-0.05, 0) is 52.2 Å². The fourth-order valence-electron chi connectivity index (χ4n) is 2.25. The van der Waals surface area contributed by atoms with E-state index in [-0.39, 0.29) is 30.5 Å². The van der Waals surface area contributed by atoms with E-state index in [1.54, 1.807) is 6.92 Å². The maximum absolute atomic E-state index is 10.7. The molecule has 7 heteroatoms. The van der Waals surface area contributed by atoms with Crippen LogP contribution in [-0.2, 0) is 5.60 Å². The average molecular weight is 455 g/mol. The Morgan fingerprint density at radius 3 is 2.61 bits per heavy atom. The van der Waals surface area contributed by atoms with Gasteiger partial charge < -0.3 is 20.2 Å². The van der Waals surface area contributed by atoms with Crippen LogP contribution in [0.25, 0.3) is 0 Å². The maximum atomic E-state index is 10.7. The summed E-state index contributed by atoms with van der Waals surface area (Å²) in [6, 6.07) is 1.88. The molecule has 0 saturated heterocycles. The van der Waals surface area contributed by atoms with E-state index in [0.717, 1.165) is 48.3 Å². The van der Waals surface area contributed by atoms with E-state index >= 15 is 0 Å². The summed E-state index contributed by atoms with van der Waals surface area (Å²) in [4.78, 5) is 4.51. The fraction of sp³-hybridized carbons (Fsp3) is 0.688. The van der Waals surface area contributed by atoms with Crippen molar-refractivity contribution in [2.75, 3.05) is 31.6 Å². The van der Waals surface area contributed by atoms with Gasteiger partial charge in [-0.3, -0.25) is 0 Å². The standard InChI is InChI=1S/C16H29N3O2S.HI/c1-6-17-15(18-8-7-9-22-5)19-11-16(4,20)14-10-12(2)21-13(14)3;/h10,20H,6-9,11H2,1-5H3,(H2,17,18,19);1H. The van der Waals surface area contributed by atoms with Gasteiger partial charge in [0.15, 0.2) is 5.96 Å². The van der Waals surface area contributed by atoms with Gasteiger partial charge in [0.1, 0.15) is 17.1 Å². The third-order valence-electron chi connectivity index (χ3n) is 3.33. The van der Waals surface area contributed by atoms with E-state index in [9.17, 15) is 5.11 Å². The number of rotatable bonds is 8. The molecular weight excluding hydrogens is 425 g/mol. The van der Waals surface area contributed by atoms with Crippen LogP contribution in [0.3, 0.4) is 0 Å². The summed E-state index contributed by atoms with van der Waals surface area (Å²) in [5, 5.41) is 17.2. The van der Waals surface area contributed by atoms with Crippen molar-refractivity contribution in [3.63, 3.8) is 0 Å². The minimum atomic E-state index is -1.04. The van der Waals surface area contributed by atoms with Crippen LogP contribution in [0.2, 0.25) is 0 Å². The molecular formula is C16H30IN3O2S. The first-order valence-electron chi connectivity index (χ1n) is 7.71. The number of thioether (sulfide) groups is 1. The van der Waals surface area contributed by atoms with E-state index in [1.807, 2.05) is 38.6 Å². The molecule has 0 aliphatic rings. The first kappa shape index (κ1) is 22.6. The van der Waals surface area contributed by atoms with Crippen LogP contribution >= 0.6 is 35.7 Å². The van der Waals surface area contributed by atoms with Gasteiger partial charge >= 0.3 is 0 Å². The molecule has 3 N–H and O–H groups in total. The molecule has 0 fully saturated rings. The second-order valence-corrected chi connectivity index (χ2v) is 6.55. The lowest BCUT2D eigenvalue weighted by Crippen LogP contribution is -2.39. The van der Waals surface area contributed by atoms with Crippen molar-refractivity contribution in [3.8, 4) is 0 Å². The smallest absolute Gasteiger partial charge is 0.191 e. The lowest BCUT2D eigenvalue weighted by atomic mass is 9.96. The summed E-state index contributed by atoms with van der Waals surface area (Å²) in [5.74, 6) is 3.41. The number of aliphatic imine (C=N–C) groups is 1. The fourth-order valence-corrected chi connectivity index (χ4v) is 2.68. The highest BCUT2D eigenvalue weighted by Gasteiger charge is 2.27. The van der Waals surface area contributed by atoms with Crippen LogP contribution in [-0.4, -0.2) is 42.7 Å². The number of halogens is 1. The number of hydrogen-bond donors (Lipinski definition) is 3. The van der Waals surface area contributed by atoms with Crippen LogP contribution < -0.4 is 10.6 Å².